The van der Waals surface area contributed by atoms with Crippen LogP contribution in [0.25, 0.3) is 0 Å². The highest BCUT2D eigenvalue weighted by atomic mass is 16.5. The molecule has 0 amide bonds. The monoisotopic (exact) mass is 249 g/mol. The van der Waals surface area contributed by atoms with E-state index >= 15 is 0 Å². The smallest absolute Gasteiger partial charge is 0.246 e. The molecule has 4 heteroatoms. The van der Waals surface area contributed by atoms with Crippen LogP contribution in [0.15, 0.2) is 4.52 Å². The summed E-state index contributed by atoms with van der Waals surface area (Å²) in [6, 6.07) is 0. The van der Waals surface area contributed by atoms with Crippen LogP contribution in [0.1, 0.15) is 76.4 Å². The first-order valence-electron chi connectivity index (χ1n) is 7.12. The Morgan fingerprint density at radius 3 is 2.39 bits per heavy atom. The third-order valence-corrected chi connectivity index (χ3v) is 4.82. The van der Waals surface area contributed by atoms with Crippen LogP contribution in [0.3, 0.4) is 0 Å². The minimum Gasteiger partial charge on any atom is -0.337 e. The molecule has 1 aromatic rings. The van der Waals surface area contributed by atoms with Gasteiger partial charge in [-0.15, -0.1) is 0 Å². The highest BCUT2D eigenvalue weighted by Gasteiger charge is 2.40. The lowest BCUT2D eigenvalue weighted by Crippen LogP contribution is -2.43. The van der Waals surface area contributed by atoms with E-state index in [1.807, 2.05) is 0 Å². The van der Waals surface area contributed by atoms with Crippen LogP contribution < -0.4 is 5.73 Å². The quantitative estimate of drug-likeness (QED) is 0.874. The molecule has 0 saturated heterocycles. The Bertz CT molecular complexity index is 424. The number of aromatic nitrogens is 2. The molecule has 2 aliphatic rings. The van der Waals surface area contributed by atoms with Gasteiger partial charge in [0.05, 0.1) is 5.54 Å². The summed E-state index contributed by atoms with van der Waals surface area (Å²) in [7, 11) is 0. The van der Waals surface area contributed by atoms with Crippen LogP contribution in [-0.2, 0) is 5.54 Å². The van der Waals surface area contributed by atoms with Crippen molar-refractivity contribution in [1.82, 2.24) is 10.1 Å². The molecule has 1 aromatic heterocycles. The molecule has 2 fully saturated rings. The molecule has 2 aliphatic carbocycles. The van der Waals surface area contributed by atoms with Crippen molar-refractivity contribution in [3.8, 4) is 0 Å². The topological polar surface area (TPSA) is 64.9 Å². The first-order chi connectivity index (χ1) is 8.49. The molecule has 1 heterocycles. The van der Waals surface area contributed by atoms with Crippen LogP contribution in [0.4, 0.5) is 0 Å². The number of nitrogens with zero attached hydrogens (tertiary/aromatic N) is 2. The van der Waals surface area contributed by atoms with E-state index in [4.69, 9.17) is 10.3 Å². The fraction of sp³-hybridized carbons (Fsp3) is 0.857. The van der Waals surface area contributed by atoms with Gasteiger partial charge in [-0.1, -0.05) is 19.0 Å². The van der Waals surface area contributed by atoms with E-state index < -0.39 is 0 Å². The Morgan fingerprint density at radius 2 is 1.83 bits per heavy atom. The van der Waals surface area contributed by atoms with Gasteiger partial charge >= 0.3 is 0 Å². The molecule has 0 aromatic carbocycles. The predicted octanol–water partition coefficient (Wildman–Crippen LogP) is 3.09. The van der Waals surface area contributed by atoms with E-state index in [0.717, 1.165) is 18.7 Å². The molecule has 0 unspecified atom stereocenters. The van der Waals surface area contributed by atoms with Gasteiger partial charge in [0.15, 0.2) is 5.82 Å². The van der Waals surface area contributed by atoms with Gasteiger partial charge < -0.3 is 10.3 Å². The molecular weight excluding hydrogens is 226 g/mol. The SMILES string of the molecule is CC1(C)CCC(c2noc(C3(N)CCC3)n2)CC1. The zero-order valence-corrected chi connectivity index (χ0v) is 11.4. The molecule has 0 spiro atoms. The van der Waals surface area contributed by atoms with Gasteiger partial charge in [-0.05, 0) is 50.4 Å². The Labute approximate surface area is 108 Å². The number of rotatable bonds is 2. The van der Waals surface area contributed by atoms with Crippen LogP contribution in [0.2, 0.25) is 0 Å². The average Bonchev–Trinajstić information content (AvgIpc) is 2.75. The van der Waals surface area contributed by atoms with Gasteiger partial charge in [0.2, 0.25) is 5.89 Å². The maximum absolute atomic E-state index is 6.21. The van der Waals surface area contributed by atoms with Crippen LogP contribution >= 0.6 is 0 Å². The molecule has 100 valence electrons. The van der Waals surface area contributed by atoms with Crippen molar-refractivity contribution in [3.63, 3.8) is 0 Å². The summed E-state index contributed by atoms with van der Waals surface area (Å²) in [4.78, 5) is 4.57. The zero-order valence-electron chi connectivity index (χ0n) is 11.4. The lowest BCUT2D eigenvalue weighted by atomic mass is 9.73. The van der Waals surface area contributed by atoms with Gasteiger partial charge in [-0.25, -0.2) is 0 Å². The summed E-state index contributed by atoms with van der Waals surface area (Å²) in [6.07, 6.45) is 7.96. The zero-order chi connectivity index (χ0) is 12.8. The summed E-state index contributed by atoms with van der Waals surface area (Å²) < 4.78 is 5.39. The molecule has 0 atom stereocenters. The van der Waals surface area contributed by atoms with Crippen molar-refractivity contribution in [3.05, 3.63) is 11.7 Å². The molecular formula is C14H23N3O. The summed E-state index contributed by atoms with van der Waals surface area (Å²) in [5.41, 5.74) is 6.37. The number of hydrogen-bond donors (Lipinski definition) is 1. The van der Waals surface area contributed by atoms with E-state index in [9.17, 15) is 0 Å². The van der Waals surface area contributed by atoms with Gasteiger partial charge in [0.25, 0.3) is 0 Å². The van der Waals surface area contributed by atoms with Crippen LogP contribution in [-0.4, -0.2) is 10.1 Å². The molecule has 2 saturated carbocycles. The van der Waals surface area contributed by atoms with E-state index in [-0.39, 0.29) is 5.54 Å². The van der Waals surface area contributed by atoms with Crippen LogP contribution in [0.5, 0.6) is 0 Å². The molecule has 3 rings (SSSR count). The van der Waals surface area contributed by atoms with Gasteiger partial charge in [0, 0.05) is 5.92 Å². The second-order valence-corrected chi connectivity index (χ2v) is 6.91. The minimum atomic E-state index is -0.320. The van der Waals surface area contributed by atoms with Crippen molar-refractivity contribution in [1.29, 1.82) is 0 Å². The minimum absolute atomic E-state index is 0.320. The van der Waals surface area contributed by atoms with E-state index in [2.05, 4.69) is 24.0 Å². The van der Waals surface area contributed by atoms with Crippen LogP contribution in [0, 0.1) is 5.41 Å². The number of hydrogen-bond acceptors (Lipinski definition) is 4. The number of nitrogens with two attached hydrogens (primary N) is 1. The van der Waals surface area contributed by atoms with Gasteiger partial charge in [-0.2, -0.15) is 4.98 Å². The third kappa shape index (κ3) is 2.07. The molecule has 2 N–H and O–H groups in total. The Balaban J connectivity index is 1.70. The van der Waals surface area contributed by atoms with Crippen molar-refractivity contribution < 1.29 is 4.52 Å². The fourth-order valence-electron chi connectivity index (χ4n) is 3.03. The van der Waals surface area contributed by atoms with Crippen molar-refractivity contribution in [2.24, 2.45) is 11.1 Å². The lowest BCUT2D eigenvalue weighted by molar-refractivity contribution is 0.180. The Hall–Kier alpha value is -0.900. The maximum atomic E-state index is 6.21. The largest absolute Gasteiger partial charge is 0.337 e. The highest BCUT2D eigenvalue weighted by molar-refractivity contribution is 5.09. The summed E-state index contributed by atoms with van der Waals surface area (Å²) in [6.45, 7) is 4.68. The maximum Gasteiger partial charge on any atom is 0.246 e. The normalized spacial score (nSPS) is 26.8. The average molecular weight is 249 g/mol. The van der Waals surface area contributed by atoms with Crippen molar-refractivity contribution >= 4 is 0 Å². The summed E-state index contributed by atoms with van der Waals surface area (Å²) >= 11 is 0. The predicted molar refractivity (Wildman–Crippen MR) is 69.0 cm³/mol. The molecule has 0 bridgehead atoms. The van der Waals surface area contributed by atoms with Crippen molar-refractivity contribution in [2.45, 2.75) is 70.3 Å². The lowest BCUT2D eigenvalue weighted by Gasteiger charge is -2.34. The Kier molecular flexibility index (Phi) is 2.73. The van der Waals surface area contributed by atoms with Gasteiger partial charge in [0.1, 0.15) is 0 Å². The fourth-order valence-corrected chi connectivity index (χ4v) is 3.03. The van der Waals surface area contributed by atoms with E-state index in [1.165, 1.54) is 32.1 Å². The summed E-state index contributed by atoms with van der Waals surface area (Å²) in [5.74, 6) is 2.02. The van der Waals surface area contributed by atoms with Crippen molar-refractivity contribution in [2.75, 3.05) is 0 Å². The highest BCUT2D eigenvalue weighted by Crippen LogP contribution is 2.43. The standard InChI is InChI=1S/C14H23N3O/c1-13(2)8-4-10(5-9-13)11-16-12(18-17-11)14(15)6-3-7-14/h10H,3-9,15H2,1-2H3. The Morgan fingerprint density at radius 1 is 1.17 bits per heavy atom. The second-order valence-electron chi connectivity index (χ2n) is 6.91. The molecule has 0 aliphatic heterocycles. The first kappa shape index (κ1) is 12.2. The molecule has 4 nitrogen and oxygen atoms in total. The molecule has 18 heavy (non-hydrogen) atoms. The van der Waals surface area contributed by atoms with E-state index in [0.29, 0.717) is 17.2 Å². The van der Waals surface area contributed by atoms with Gasteiger partial charge in [-0.3, -0.25) is 0 Å². The third-order valence-electron chi connectivity index (χ3n) is 4.82. The second kappa shape index (κ2) is 4.05. The molecule has 0 radical (unpaired) electrons. The first-order valence-corrected chi connectivity index (χ1v) is 7.12. The van der Waals surface area contributed by atoms with E-state index in [1.54, 1.807) is 0 Å². The summed E-state index contributed by atoms with van der Waals surface area (Å²) in [5, 5.41) is 4.17.